The molecule has 2 N–H and O–H groups in total. The highest BCUT2D eigenvalue weighted by molar-refractivity contribution is 5.88. The number of ether oxygens (including phenoxy) is 3. The fourth-order valence-corrected chi connectivity index (χ4v) is 6.33. The maximum atomic E-state index is 13.8. The van der Waals surface area contributed by atoms with Crippen molar-refractivity contribution in [1.29, 1.82) is 0 Å². The van der Waals surface area contributed by atoms with Gasteiger partial charge in [-0.3, -0.25) is 0 Å². The zero-order valence-electron chi connectivity index (χ0n) is 23.8. The predicted octanol–water partition coefficient (Wildman–Crippen LogP) is 5.15. The molecule has 2 saturated carbocycles. The Morgan fingerprint density at radius 3 is 2.35 bits per heavy atom. The average molecular weight is 563 g/mol. The number of carboxylic acid groups (broad SMARTS) is 1. The van der Waals surface area contributed by atoms with Gasteiger partial charge in [-0.15, -0.1) is 0 Å². The summed E-state index contributed by atoms with van der Waals surface area (Å²) in [7, 11) is 3.28. The van der Waals surface area contributed by atoms with E-state index in [0.29, 0.717) is 12.5 Å². The summed E-state index contributed by atoms with van der Waals surface area (Å²) in [6.45, 7) is 6.50. The third-order valence-corrected chi connectivity index (χ3v) is 8.71. The molecular weight excluding hydrogens is 522 g/mol. The minimum Gasteiger partial charge on any atom is -0.500 e. The van der Waals surface area contributed by atoms with E-state index in [1.807, 2.05) is 50.3 Å². The van der Waals surface area contributed by atoms with Crippen LogP contribution in [0.1, 0.15) is 52.0 Å². The summed E-state index contributed by atoms with van der Waals surface area (Å²) in [6, 6.07) is 8.26. The number of nitrogens with zero attached hydrogens (tertiary/aromatic N) is 1. The number of hydrogen-bond acceptors (Lipinski definition) is 5. The third kappa shape index (κ3) is 5.74. The lowest BCUT2D eigenvalue weighted by molar-refractivity contribution is -0.175. The van der Waals surface area contributed by atoms with Gasteiger partial charge in [0.25, 0.3) is 5.92 Å². The van der Waals surface area contributed by atoms with Crippen molar-refractivity contribution in [3.05, 3.63) is 58.9 Å². The van der Waals surface area contributed by atoms with Crippen LogP contribution in [0.4, 0.5) is 13.6 Å². The maximum absolute atomic E-state index is 13.8. The first-order chi connectivity index (χ1) is 18.9. The van der Waals surface area contributed by atoms with Gasteiger partial charge in [0.2, 0.25) is 0 Å². The highest BCUT2D eigenvalue weighted by Gasteiger charge is 2.62. The molecule has 0 saturated heterocycles. The third-order valence-electron chi connectivity index (χ3n) is 8.71. The highest BCUT2D eigenvalue weighted by Crippen LogP contribution is 2.56. The molecule has 2 fully saturated rings. The van der Waals surface area contributed by atoms with Crippen LogP contribution in [0, 0.1) is 11.3 Å². The minimum atomic E-state index is -3.14. The second-order valence-corrected chi connectivity index (χ2v) is 11.4. The lowest BCUT2D eigenvalue weighted by atomic mass is 9.70. The Morgan fingerprint density at radius 2 is 1.82 bits per heavy atom. The van der Waals surface area contributed by atoms with E-state index >= 15 is 0 Å². The van der Waals surface area contributed by atoms with Gasteiger partial charge in [-0.2, -0.15) is 0 Å². The molecule has 0 spiro atoms. The number of rotatable bonds is 12. The summed E-state index contributed by atoms with van der Waals surface area (Å²) in [6.07, 6.45) is 1.96. The molecule has 1 aromatic carbocycles. The number of urea groups is 1. The monoisotopic (exact) mass is 562 g/mol. The zero-order valence-corrected chi connectivity index (χ0v) is 23.8. The standard InChI is InChI=1S/C30H40F2N2O6/c1-19-23(15-24(38-4)28(3,22-11-12-22)25(19)39-5)20(2)34(13-14-40-16-21-9-7-6-8-10-21)27(37)33-29(26(35)36)17-30(31,32)18-29/h6-10,15,20,22,24H,11-14,16-18H2,1-5H3,(H,33,37)(H,35,36)/t20-,24?,28?/m1/s1. The molecule has 4 rings (SSSR count). The molecule has 220 valence electrons. The van der Waals surface area contributed by atoms with Crippen LogP contribution in [0.3, 0.4) is 0 Å². The van der Waals surface area contributed by atoms with Crippen LogP contribution in [0.25, 0.3) is 0 Å². The number of alkyl halides is 2. The maximum Gasteiger partial charge on any atom is 0.329 e. The molecule has 10 heteroatoms. The Kier molecular flexibility index (Phi) is 8.61. The first-order valence-electron chi connectivity index (χ1n) is 13.7. The van der Waals surface area contributed by atoms with Gasteiger partial charge in [-0.1, -0.05) is 30.3 Å². The van der Waals surface area contributed by atoms with E-state index in [2.05, 4.69) is 12.2 Å². The quantitative estimate of drug-likeness (QED) is 0.342. The smallest absolute Gasteiger partial charge is 0.329 e. The van der Waals surface area contributed by atoms with Crippen LogP contribution >= 0.6 is 0 Å². The number of benzene rings is 1. The Bertz CT molecular complexity index is 1160. The molecule has 40 heavy (non-hydrogen) atoms. The number of carboxylic acids is 1. The van der Waals surface area contributed by atoms with E-state index in [4.69, 9.17) is 14.2 Å². The molecule has 0 bridgehead atoms. The van der Waals surface area contributed by atoms with Crippen LogP contribution in [0.2, 0.25) is 0 Å². The van der Waals surface area contributed by atoms with E-state index in [1.54, 1.807) is 14.2 Å². The lowest BCUT2D eigenvalue weighted by Gasteiger charge is -2.46. The van der Waals surface area contributed by atoms with Crippen molar-refractivity contribution < 1.29 is 37.7 Å². The molecule has 2 amide bonds. The zero-order chi connectivity index (χ0) is 29.3. The number of hydrogen-bond donors (Lipinski definition) is 2. The van der Waals surface area contributed by atoms with E-state index in [1.165, 1.54) is 4.90 Å². The van der Waals surface area contributed by atoms with E-state index in [0.717, 1.165) is 35.3 Å². The second kappa shape index (κ2) is 11.5. The highest BCUT2D eigenvalue weighted by atomic mass is 19.3. The lowest BCUT2D eigenvalue weighted by Crippen LogP contribution is -2.68. The first-order valence-corrected chi connectivity index (χ1v) is 13.7. The van der Waals surface area contributed by atoms with Gasteiger partial charge >= 0.3 is 12.0 Å². The SMILES string of the molecule is COC1=C(C)C([C@@H](C)N(CCOCc2ccccc2)C(=O)NC2(C(=O)O)CC(F)(F)C2)=CC(OC)C1(C)C1CC1. The Labute approximate surface area is 234 Å². The van der Waals surface area contributed by atoms with Crippen molar-refractivity contribution in [3.8, 4) is 0 Å². The number of amides is 2. The van der Waals surface area contributed by atoms with Crippen molar-refractivity contribution in [3.63, 3.8) is 0 Å². The van der Waals surface area contributed by atoms with Gasteiger partial charge in [0.1, 0.15) is 5.76 Å². The van der Waals surface area contributed by atoms with Gasteiger partial charge < -0.3 is 29.5 Å². The molecule has 3 atom stereocenters. The minimum absolute atomic E-state index is 0.108. The number of methoxy groups -OCH3 is 2. The number of aliphatic carboxylic acids is 1. The van der Waals surface area contributed by atoms with E-state index in [-0.39, 0.29) is 24.7 Å². The summed E-state index contributed by atoms with van der Waals surface area (Å²) in [5, 5.41) is 12.1. The molecule has 2 unspecified atom stereocenters. The van der Waals surface area contributed by atoms with Gasteiger partial charge in [0, 0.05) is 26.5 Å². The van der Waals surface area contributed by atoms with Crippen LogP contribution < -0.4 is 5.32 Å². The second-order valence-electron chi connectivity index (χ2n) is 11.4. The van der Waals surface area contributed by atoms with Crippen LogP contribution in [-0.2, 0) is 25.6 Å². The van der Waals surface area contributed by atoms with E-state index in [9.17, 15) is 23.5 Å². The molecular formula is C30H40F2N2O6. The molecule has 3 aliphatic rings. The van der Waals surface area contributed by atoms with Crippen LogP contribution in [0.5, 0.6) is 0 Å². The molecule has 8 nitrogen and oxygen atoms in total. The predicted molar refractivity (Wildman–Crippen MR) is 145 cm³/mol. The van der Waals surface area contributed by atoms with Crippen molar-refractivity contribution in [1.82, 2.24) is 10.2 Å². The number of carbonyl (C=O) groups excluding carboxylic acids is 1. The summed E-state index contributed by atoms with van der Waals surface area (Å²) in [5.41, 5.74) is 0.265. The Hall–Kier alpha value is -2.98. The van der Waals surface area contributed by atoms with E-state index < -0.39 is 42.3 Å². The normalized spacial score (nSPS) is 25.9. The molecule has 3 aliphatic carbocycles. The molecule has 0 aliphatic heterocycles. The van der Waals surface area contributed by atoms with Crippen LogP contribution in [0.15, 0.2) is 53.3 Å². The largest absolute Gasteiger partial charge is 0.500 e. The fourth-order valence-electron chi connectivity index (χ4n) is 6.33. The van der Waals surface area contributed by atoms with Crippen molar-refractivity contribution in [2.75, 3.05) is 27.4 Å². The summed E-state index contributed by atoms with van der Waals surface area (Å²) in [4.78, 5) is 27.0. The van der Waals surface area contributed by atoms with Crippen molar-refractivity contribution >= 4 is 12.0 Å². The molecule has 0 aromatic heterocycles. The Morgan fingerprint density at radius 1 is 1.18 bits per heavy atom. The van der Waals surface area contributed by atoms with Gasteiger partial charge in [-0.05, 0) is 62.3 Å². The van der Waals surface area contributed by atoms with Gasteiger partial charge in [-0.25, -0.2) is 18.4 Å². The van der Waals surface area contributed by atoms with Crippen LogP contribution in [-0.4, -0.2) is 73.0 Å². The average Bonchev–Trinajstić information content (AvgIpc) is 3.74. The molecule has 1 aromatic rings. The number of halogens is 2. The molecule has 0 heterocycles. The summed E-state index contributed by atoms with van der Waals surface area (Å²) >= 11 is 0. The van der Waals surface area contributed by atoms with Gasteiger partial charge in [0.15, 0.2) is 5.54 Å². The van der Waals surface area contributed by atoms with Crippen molar-refractivity contribution in [2.45, 2.75) is 76.7 Å². The summed E-state index contributed by atoms with van der Waals surface area (Å²) in [5.74, 6) is -3.41. The van der Waals surface area contributed by atoms with Crippen molar-refractivity contribution in [2.24, 2.45) is 11.3 Å². The first kappa shape index (κ1) is 30.0. The fraction of sp³-hybridized carbons (Fsp3) is 0.600. The number of carbonyl (C=O) groups is 2. The molecule has 0 radical (unpaired) electrons. The number of nitrogens with one attached hydrogen (secondary N) is 1. The topological polar surface area (TPSA) is 97.3 Å². The summed E-state index contributed by atoms with van der Waals surface area (Å²) < 4.78 is 45.2. The van der Waals surface area contributed by atoms with Gasteiger partial charge in [0.05, 0.1) is 37.9 Å². The Balaban J connectivity index is 1.59.